The molecule has 3 nitrogen and oxygen atoms in total. The zero-order valence-electron chi connectivity index (χ0n) is 11.7. The Morgan fingerprint density at radius 1 is 1.23 bits per heavy atom. The molecule has 1 heterocycles. The van der Waals surface area contributed by atoms with Gasteiger partial charge in [0.15, 0.2) is 6.61 Å². The van der Waals surface area contributed by atoms with Crippen LogP contribution in [0.3, 0.4) is 0 Å². The first-order valence-electron chi connectivity index (χ1n) is 6.36. The first-order chi connectivity index (χ1) is 10.3. The van der Waals surface area contributed by atoms with Crippen LogP contribution in [0.2, 0.25) is 0 Å². The van der Waals surface area contributed by atoms with Gasteiger partial charge in [0.1, 0.15) is 5.75 Å². The van der Waals surface area contributed by atoms with Gasteiger partial charge in [0, 0.05) is 21.9 Å². The largest absolute Gasteiger partial charge is 0.484 e. The van der Waals surface area contributed by atoms with Gasteiger partial charge in [-0.1, -0.05) is 12.1 Å². The number of aryl methyl sites for hydroxylation is 1. The molecule has 2 aromatic rings. The Morgan fingerprint density at radius 3 is 2.45 bits per heavy atom. The summed E-state index contributed by atoms with van der Waals surface area (Å²) < 4.78 is 52.7. The standard InChI is InChI=1S/C14H14F3NO2S2/c1-10-18-12(6-21-10)8-22(19)7-11-2-4-13(5-3-11)20-9-14(15,16)17/h2-6H,7-9H2,1H3. The molecule has 1 aromatic carbocycles. The summed E-state index contributed by atoms with van der Waals surface area (Å²) in [6, 6.07) is 6.14. The van der Waals surface area contributed by atoms with Crippen molar-refractivity contribution in [2.75, 3.05) is 6.61 Å². The lowest BCUT2D eigenvalue weighted by atomic mass is 10.2. The number of nitrogens with zero attached hydrogens (tertiary/aromatic N) is 1. The number of thiazole rings is 1. The molecule has 1 aromatic heterocycles. The lowest BCUT2D eigenvalue weighted by Crippen LogP contribution is -2.19. The first kappa shape index (κ1) is 17.0. The molecule has 22 heavy (non-hydrogen) atoms. The minimum Gasteiger partial charge on any atom is -0.484 e. The smallest absolute Gasteiger partial charge is 0.422 e. The van der Waals surface area contributed by atoms with Crippen LogP contribution in [0.15, 0.2) is 29.6 Å². The van der Waals surface area contributed by atoms with Crippen molar-refractivity contribution in [1.29, 1.82) is 0 Å². The molecule has 0 amide bonds. The Bertz CT molecular complexity index is 638. The number of aromatic nitrogens is 1. The Morgan fingerprint density at radius 2 is 1.91 bits per heavy atom. The van der Waals surface area contributed by atoms with Crippen LogP contribution in [-0.4, -0.2) is 22.0 Å². The highest BCUT2D eigenvalue weighted by Crippen LogP contribution is 2.19. The number of hydrogen-bond acceptors (Lipinski definition) is 4. The second kappa shape index (κ2) is 7.23. The van der Waals surface area contributed by atoms with Gasteiger partial charge in [0.2, 0.25) is 0 Å². The molecule has 2 rings (SSSR count). The molecule has 1 atom stereocenters. The molecular weight excluding hydrogens is 335 g/mol. The highest BCUT2D eigenvalue weighted by molar-refractivity contribution is 7.83. The van der Waals surface area contributed by atoms with Crippen molar-refractivity contribution >= 4 is 22.1 Å². The fourth-order valence-electron chi connectivity index (χ4n) is 1.72. The number of hydrogen-bond donors (Lipinski definition) is 0. The molecule has 0 spiro atoms. The zero-order valence-corrected chi connectivity index (χ0v) is 13.4. The van der Waals surface area contributed by atoms with Gasteiger partial charge in [-0.05, 0) is 24.6 Å². The lowest BCUT2D eigenvalue weighted by Gasteiger charge is -2.09. The summed E-state index contributed by atoms with van der Waals surface area (Å²) in [6.07, 6.45) is -4.36. The van der Waals surface area contributed by atoms with Gasteiger partial charge >= 0.3 is 6.18 Å². The van der Waals surface area contributed by atoms with E-state index in [0.717, 1.165) is 16.3 Å². The quantitative estimate of drug-likeness (QED) is 0.795. The highest BCUT2D eigenvalue weighted by Gasteiger charge is 2.28. The molecular formula is C14H14F3NO2S2. The Balaban J connectivity index is 1.86. The van der Waals surface area contributed by atoms with Gasteiger partial charge in [0.05, 0.1) is 16.5 Å². The lowest BCUT2D eigenvalue weighted by molar-refractivity contribution is -0.153. The Kier molecular flexibility index (Phi) is 5.57. The van der Waals surface area contributed by atoms with E-state index in [9.17, 15) is 17.4 Å². The number of benzene rings is 1. The van der Waals surface area contributed by atoms with Crippen LogP contribution in [0.4, 0.5) is 13.2 Å². The van der Waals surface area contributed by atoms with Crippen LogP contribution in [0, 0.1) is 6.92 Å². The second-order valence-electron chi connectivity index (χ2n) is 4.63. The van der Waals surface area contributed by atoms with Gasteiger partial charge in [0.25, 0.3) is 0 Å². The molecule has 0 saturated heterocycles. The second-order valence-corrected chi connectivity index (χ2v) is 7.15. The molecule has 0 N–H and O–H groups in total. The van der Waals surface area contributed by atoms with Crippen molar-refractivity contribution in [2.24, 2.45) is 0 Å². The normalized spacial score (nSPS) is 13.1. The predicted molar refractivity (Wildman–Crippen MR) is 80.4 cm³/mol. The van der Waals surface area contributed by atoms with Crippen molar-refractivity contribution in [3.8, 4) is 5.75 Å². The van der Waals surface area contributed by atoms with E-state index < -0.39 is 23.6 Å². The molecule has 1 unspecified atom stereocenters. The molecule has 0 aliphatic carbocycles. The van der Waals surface area contributed by atoms with E-state index >= 15 is 0 Å². The number of halogens is 3. The summed E-state index contributed by atoms with van der Waals surface area (Å²) in [4.78, 5) is 4.25. The van der Waals surface area contributed by atoms with Gasteiger partial charge in [-0.2, -0.15) is 13.2 Å². The number of rotatable bonds is 6. The molecule has 8 heteroatoms. The third-order valence-electron chi connectivity index (χ3n) is 2.63. The summed E-state index contributed by atoms with van der Waals surface area (Å²) in [5.41, 5.74) is 1.58. The molecule has 0 saturated carbocycles. The monoisotopic (exact) mass is 349 g/mol. The molecule has 0 fully saturated rings. The third-order valence-corrected chi connectivity index (χ3v) is 4.72. The predicted octanol–water partition coefficient (Wildman–Crippen LogP) is 3.84. The maximum absolute atomic E-state index is 12.0. The molecule has 0 radical (unpaired) electrons. The fraction of sp³-hybridized carbons (Fsp3) is 0.357. The minimum absolute atomic E-state index is 0.141. The van der Waals surface area contributed by atoms with Crippen molar-refractivity contribution in [1.82, 2.24) is 4.98 Å². The van der Waals surface area contributed by atoms with Crippen molar-refractivity contribution in [2.45, 2.75) is 24.6 Å². The van der Waals surface area contributed by atoms with E-state index in [-0.39, 0.29) is 5.75 Å². The SMILES string of the molecule is Cc1nc(CS(=O)Cc2ccc(OCC(F)(F)F)cc2)cs1. The molecule has 0 bridgehead atoms. The molecule has 120 valence electrons. The number of ether oxygens (including phenoxy) is 1. The summed E-state index contributed by atoms with van der Waals surface area (Å²) in [5.74, 6) is 0.842. The Hall–Kier alpha value is -1.41. The topological polar surface area (TPSA) is 39.2 Å². The third kappa shape index (κ3) is 5.76. The average molecular weight is 349 g/mol. The van der Waals surface area contributed by atoms with Gasteiger partial charge in [-0.25, -0.2) is 4.98 Å². The van der Waals surface area contributed by atoms with Gasteiger partial charge in [-0.3, -0.25) is 4.21 Å². The fourth-order valence-corrected chi connectivity index (χ4v) is 3.59. The van der Waals surface area contributed by atoms with E-state index in [1.165, 1.54) is 23.5 Å². The van der Waals surface area contributed by atoms with Crippen LogP contribution in [-0.2, 0) is 22.3 Å². The van der Waals surface area contributed by atoms with E-state index in [0.29, 0.717) is 11.5 Å². The van der Waals surface area contributed by atoms with Crippen LogP contribution in [0.5, 0.6) is 5.75 Å². The molecule has 0 aliphatic rings. The van der Waals surface area contributed by atoms with E-state index in [1.54, 1.807) is 12.1 Å². The van der Waals surface area contributed by atoms with Crippen LogP contribution in [0.25, 0.3) is 0 Å². The van der Waals surface area contributed by atoms with E-state index in [1.807, 2.05) is 12.3 Å². The summed E-state index contributed by atoms with van der Waals surface area (Å²) in [6.45, 7) is 0.568. The zero-order chi connectivity index (χ0) is 16.2. The van der Waals surface area contributed by atoms with Crippen molar-refractivity contribution in [3.05, 3.63) is 45.9 Å². The summed E-state index contributed by atoms with van der Waals surface area (Å²) >= 11 is 1.51. The van der Waals surface area contributed by atoms with Crippen LogP contribution in [0.1, 0.15) is 16.3 Å². The highest BCUT2D eigenvalue weighted by atomic mass is 32.2. The van der Waals surface area contributed by atoms with E-state index in [2.05, 4.69) is 9.72 Å². The van der Waals surface area contributed by atoms with Gasteiger partial charge in [-0.15, -0.1) is 11.3 Å². The summed E-state index contributed by atoms with van der Waals surface area (Å²) in [7, 11) is -1.11. The maximum atomic E-state index is 12.0. The van der Waals surface area contributed by atoms with Crippen LogP contribution < -0.4 is 4.74 Å². The number of alkyl halides is 3. The first-order valence-corrected chi connectivity index (χ1v) is 8.73. The Labute approximate surface area is 132 Å². The van der Waals surface area contributed by atoms with Crippen LogP contribution >= 0.6 is 11.3 Å². The average Bonchev–Trinajstić information content (AvgIpc) is 2.82. The van der Waals surface area contributed by atoms with Gasteiger partial charge < -0.3 is 4.74 Å². The summed E-state index contributed by atoms with van der Waals surface area (Å²) in [5, 5.41) is 2.81. The minimum atomic E-state index is -4.36. The van der Waals surface area contributed by atoms with Crippen molar-refractivity contribution in [3.63, 3.8) is 0 Å². The van der Waals surface area contributed by atoms with E-state index in [4.69, 9.17) is 0 Å². The molecule has 0 aliphatic heterocycles. The maximum Gasteiger partial charge on any atom is 0.422 e. The van der Waals surface area contributed by atoms with Crippen molar-refractivity contribution < 1.29 is 22.1 Å².